The Morgan fingerprint density at radius 2 is 1.83 bits per heavy atom. The first-order chi connectivity index (χ1) is 10.3. The molecule has 1 saturated heterocycles. The lowest BCUT2D eigenvalue weighted by molar-refractivity contribution is -0.384. The monoisotopic (exact) mass is 363 g/mol. The van der Waals surface area contributed by atoms with E-state index in [4.69, 9.17) is 0 Å². The Bertz CT molecular complexity index is 628. The van der Waals surface area contributed by atoms with Gasteiger partial charge in [0, 0.05) is 18.7 Å². The van der Waals surface area contributed by atoms with Gasteiger partial charge in [-0.2, -0.15) is 0 Å². The molecule has 2 rings (SSSR count). The number of benzene rings is 1. The van der Waals surface area contributed by atoms with Gasteiger partial charge in [0.05, 0.1) is 10.7 Å². The highest BCUT2D eigenvalue weighted by molar-refractivity contribution is 7.88. The van der Waals surface area contributed by atoms with Crippen LogP contribution in [-0.2, 0) is 15.8 Å². The number of nitrogens with one attached hydrogen (secondary N) is 2. The summed E-state index contributed by atoms with van der Waals surface area (Å²) >= 11 is 0. The van der Waals surface area contributed by atoms with Gasteiger partial charge in [0.2, 0.25) is 10.0 Å². The Kier molecular flexibility index (Phi) is 6.94. The third-order valence-corrected chi connectivity index (χ3v) is 5.33. The van der Waals surface area contributed by atoms with Gasteiger partial charge in [-0.15, -0.1) is 12.4 Å². The minimum absolute atomic E-state index is 0. The Morgan fingerprint density at radius 1 is 1.26 bits per heavy atom. The van der Waals surface area contributed by atoms with Gasteiger partial charge in [-0.3, -0.25) is 10.1 Å². The molecule has 0 unspecified atom stereocenters. The van der Waals surface area contributed by atoms with Crippen molar-refractivity contribution in [3.8, 4) is 0 Å². The Labute approximate surface area is 142 Å². The lowest BCUT2D eigenvalue weighted by atomic mass is 9.81. The third-order valence-electron chi connectivity index (χ3n) is 4.03. The molecule has 1 aromatic carbocycles. The van der Waals surface area contributed by atoms with Crippen molar-refractivity contribution in [2.45, 2.75) is 25.5 Å². The van der Waals surface area contributed by atoms with Gasteiger partial charge in [0.15, 0.2) is 0 Å². The zero-order valence-corrected chi connectivity index (χ0v) is 14.6. The molecule has 1 aromatic rings. The second kappa shape index (κ2) is 8.05. The van der Waals surface area contributed by atoms with E-state index < -0.39 is 14.9 Å². The zero-order valence-electron chi connectivity index (χ0n) is 12.9. The first-order valence-electron chi connectivity index (χ1n) is 7.21. The Morgan fingerprint density at radius 3 is 2.35 bits per heavy atom. The molecule has 0 radical (unpaired) electrons. The number of non-ortho nitro benzene ring substituents is 1. The highest BCUT2D eigenvalue weighted by Crippen LogP contribution is 2.27. The summed E-state index contributed by atoms with van der Waals surface area (Å²) < 4.78 is 27.0. The molecule has 23 heavy (non-hydrogen) atoms. The van der Waals surface area contributed by atoms with Crippen LogP contribution in [0.2, 0.25) is 0 Å². The average Bonchev–Trinajstić information content (AvgIpc) is 2.46. The second-order valence-electron chi connectivity index (χ2n) is 6.06. The minimum Gasteiger partial charge on any atom is -0.317 e. The lowest BCUT2D eigenvalue weighted by Gasteiger charge is -2.34. The van der Waals surface area contributed by atoms with E-state index in [1.807, 2.05) is 0 Å². The van der Waals surface area contributed by atoms with Crippen LogP contribution in [0.15, 0.2) is 24.3 Å². The van der Waals surface area contributed by atoms with Gasteiger partial charge in [0.25, 0.3) is 5.69 Å². The molecular weight excluding hydrogens is 342 g/mol. The van der Waals surface area contributed by atoms with Gasteiger partial charge in [0.1, 0.15) is 0 Å². The fourth-order valence-corrected chi connectivity index (χ4v) is 3.78. The van der Waals surface area contributed by atoms with Crippen LogP contribution in [0.4, 0.5) is 5.69 Å². The molecule has 0 amide bonds. The normalized spacial score (nSPS) is 17.3. The van der Waals surface area contributed by atoms with Crippen LogP contribution in [0, 0.1) is 15.5 Å². The Hall–Kier alpha value is -1.22. The highest BCUT2D eigenvalue weighted by atomic mass is 35.5. The number of rotatable bonds is 6. The first-order valence-corrected chi connectivity index (χ1v) is 8.86. The van der Waals surface area contributed by atoms with Gasteiger partial charge in [-0.05, 0) is 36.9 Å². The molecule has 0 aliphatic carbocycles. The van der Waals surface area contributed by atoms with Crippen molar-refractivity contribution >= 4 is 28.1 Å². The van der Waals surface area contributed by atoms with Crippen LogP contribution in [-0.4, -0.2) is 33.0 Å². The SMILES string of the molecule is CC1(CNS(=O)(=O)Cc2ccc([N+](=O)[O-])cc2)CCNCC1.Cl. The number of sulfonamides is 1. The average molecular weight is 364 g/mol. The van der Waals surface area contributed by atoms with Crippen molar-refractivity contribution in [1.29, 1.82) is 0 Å². The highest BCUT2D eigenvalue weighted by Gasteiger charge is 2.28. The van der Waals surface area contributed by atoms with E-state index in [0.29, 0.717) is 12.1 Å². The molecule has 7 nitrogen and oxygen atoms in total. The van der Waals surface area contributed by atoms with Crippen LogP contribution in [0.5, 0.6) is 0 Å². The molecule has 0 aromatic heterocycles. The third kappa shape index (κ3) is 6.06. The summed E-state index contributed by atoms with van der Waals surface area (Å²) in [7, 11) is -3.45. The number of nitrogens with zero attached hydrogens (tertiary/aromatic N) is 1. The smallest absolute Gasteiger partial charge is 0.269 e. The van der Waals surface area contributed by atoms with E-state index in [0.717, 1.165) is 25.9 Å². The molecule has 0 saturated carbocycles. The summed E-state index contributed by atoms with van der Waals surface area (Å²) in [5, 5.41) is 13.8. The van der Waals surface area contributed by atoms with Crippen molar-refractivity contribution in [3.05, 3.63) is 39.9 Å². The number of nitro benzene ring substituents is 1. The predicted molar refractivity (Wildman–Crippen MR) is 91.2 cm³/mol. The topological polar surface area (TPSA) is 101 Å². The summed E-state index contributed by atoms with van der Waals surface area (Å²) in [5.74, 6) is -0.167. The molecule has 9 heteroatoms. The van der Waals surface area contributed by atoms with E-state index in [9.17, 15) is 18.5 Å². The van der Waals surface area contributed by atoms with E-state index >= 15 is 0 Å². The maximum absolute atomic E-state index is 12.1. The molecule has 1 heterocycles. The van der Waals surface area contributed by atoms with Crippen LogP contribution in [0.3, 0.4) is 0 Å². The molecule has 2 N–H and O–H groups in total. The quantitative estimate of drug-likeness (QED) is 0.593. The fraction of sp³-hybridized carbons (Fsp3) is 0.571. The van der Waals surface area contributed by atoms with Crippen LogP contribution < -0.4 is 10.0 Å². The molecule has 1 fully saturated rings. The summed E-state index contributed by atoms with van der Waals surface area (Å²) in [5.41, 5.74) is 0.471. The molecule has 130 valence electrons. The minimum atomic E-state index is -3.45. The standard InChI is InChI=1S/C14H21N3O4S.ClH/c1-14(6-8-15-9-7-14)11-16-22(20,21)10-12-2-4-13(5-3-12)17(18)19;/h2-5,15-16H,6-11H2,1H3;1H. The van der Waals surface area contributed by atoms with Crippen LogP contribution in [0.25, 0.3) is 0 Å². The molecule has 0 bridgehead atoms. The first kappa shape index (κ1) is 19.8. The number of hydrogen-bond acceptors (Lipinski definition) is 5. The van der Waals surface area contributed by atoms with Crippen molar-refractivity contribution in [1.82, 2.24) is 10.0 Å². The molecular formula is C14H22ClN3O4S. The Balaban J connectivity index is 0.00000264. The number of hydrogen-bond donors (Lipinski definition) is 2. The van der Waals surface area contributed by atoms with Gasteiger partial charge in [-0.1, -0.05) is 19.1 Å². The zero-order chi connectivity index (χ0) is 16.2. The van der Waals surface area contributed by atoms with Crippen molar-refractivity contribution in [2.75, 3.05) is 19.6 Å². The molecule has 0 atom stereocenters. The predicted octanol–water partition coefficient (Wildman–Crippen LogP) is 1.83. The maximum atomic E-state index is 12.1. The summed E-state index contributed by atoms with van der Waals surface area (Å²) in [6.07, 6.45) is 1.88. The van der Waals surface area contributed by atoms with Gasteiger partial charge < -0.3 is 5.32 Å². The number of halogens is 1. The number of nitro groups is 1. The molecule has 1 aliphatic heterocycles. The summed E-state index contributed by atoms with van der Waals surface area (Å²) in [6.45, 7) is 4.31. The van der Waals surface area contributed by atoms with E-state index in [2.05, 4.69) is 17.0 Å². The molecule has 0 spiro atoms. The van der Waals surface area contributed by atoms with Crippen LogP contribution >= 0.6 is 12.4 Å². The maximum Gasteiger partial charge on any atom is 0.269 e. The fourth-order valence-electron chi connectivity index (χ4n) is 2.48. The summed E-state index contributed by atoms with van der Waals surface area (Å²) in [4.78, 5) is 10.1. The summed E-state index contributed by atoms with van der Waals surface area (Å²) in [6, 6.07) is 5.59. The lowest BCUT2D eigenvalue weighted by Crippen LogP contribution is -2.43. The van der Waals surface area contributed by atoms with E-state index in [1.54, 1.807) is 0 Å². The molecule has 1 aliphatic rings. The van der Waals surface area contributed by atoms with Gasteiger partial charge in [-0.25, -0.2) is 13.1 Å². The van der Waals surface area contributed by atoms with Crippen LogP contribution in [0.1, 0.15) is 25.3 Å². The van der Waals surface area contributed by atoms with Crippen molar-refractivity contribution < 1.29 is 13.3 Å². The van der Waals surface area contributed by atoms with E-state index in [1.165, 1.54) is 24.3 Å². The largest absolute Gasteiger partial charge is 0.317 e. The van der Waals surface area contributed by atoms with Crippen molar-refractivity contribution in [3.63, 3.8) is 0 Å². The van der Waals surface area contributed by atoms with E-state index in [-0.39, 0.29) is 29.3 Å². The van der Waals surface area contributed by atoms with Gasteiger partial charge >= 0.3 is 0 Å². The number of piperidine rings is 1. The van der Waals surface area contributed by atoms with Crippen molar-refractivity contribution in [2.24, 2.45) is 5.41 Å². The second-order valence-corrected chi connectivity index (χ2v) is 7.87.